The number of carbonyl (C=O) groups is 1. The molecule has 3 rings (SSSR count). The molecule has 31 heavy (non-hydrogen) atoms. The average Bonchev–Trinajstić information content (AvgIpc) is 3.22. The van der Waals surface area contributed by atoms with Crippen molar-refractivity contribution in [2.45, 2.75) is 47.1 Å². The summed E-state index contributed by atoms with van der Waals surface area (Å²) in [4.78, 5) is 28.1. The predicted octanol–water partition coefficient (Wildman–Crippen LogP) is 2.96. The minimum absolute atomic E-state index is 0.219. The molecule has 2 heterocycles. The van der Waals surface area contributed by atoms with Gasteiger partial charge >= 0.3 is 0 Å². The number of ether oxygens (including phenoxy) is 2. The highest BCUT2D eigenvalue weighted by Crippen LogP contribution is 2.33. The van der Waals surface area contributed by atoms with Crippen LogP contribution < -0.4 is 20.2 Å². The Balaban J connectivity index is 1.89. The van der Waals surface area contributed by atoms with Crippen LogP contribution in [0, 0.1) is 6.92 Å². The molecular weight excluding hydrogens is 394 g/mol. The summed E-state index contributed by atoms with van der Waals surface area (Å²) in [5.74, 6) is 1.17. The van der Waals surface area contributed by atoms with Crippen LogP contribution in [0.4, 0.5) is 0 Å². The van der Waals surface area contributed by atoms with Gasteiger partial charge in [0, 0.05) is 37.1 Å². The van der Waals surface area contributed by atoms with Crippen molar-refractivity contribution in [3.63, 3.8) is 0 Å². The lowest BCUT2D eigenvalue weighted by Crippen LogP contribution is -2.38. The molecule has 7 nitrogen and oxygen atoms in total. The van der Waals surface area contributed by atoms with E-state index >= 15 is 0 Å². The number of aromatic nitrogens is 1. The van der Waals surface area contributed by atoms with Gasteiger partial charge in [-0.25, -0.2) is 0 Å². The highest BCUT2D eigenvalue weighted by Gasteiger charge is 2.21. The van der Waals surface area contributed by atoms with Crippen molar-refractivity contribution >= 4 is 5.91 Å². The van der Waals surface area contributed by atoms with Crippen molar-refractivity contribution in [1.29, 1.82) is 0 Å². The molecule has 0 spiro atoms. The standard InChI is InChI=1S/C24H33N3O4/c1-5-8-19-23(24(29)25-11-12-26(6-2)7-3)20(28)13-17(4)27(19)15-18-9-10-21-22(14-18)31-16-30-21/h9-10,13-14H,5-8,11-12,15-16H2,1-4H3,(H,25,29). The van der Waals surface area contributed by atoms with Crippen molar-refractivity contribution in [2.75, 3.05) is 33.0 Å². The van der Waals surface area contributed by atoms with E-state index in [0.29, 0.717) is 19.5 Å². The summed E-state index contributed by atoms with van der Waals surface area (Å²) in [5.41, 5.74) is 2.69. The van der Waals surface area contributed by atoms with E-state index in [0.717, 1.165) is 54.5 Å². The van der Waals surface area contributed by atoms with Gasteiger partial charge < -0.3 is 24.3 Å². The van der Waals surface area contributed by atoms with Crippen LogP contribution in [0.25, 0.3) is 0 Å². The topological polar surface area (TPSA) is 72.8 Å². The molecule has 1 aliphatic heterocycles. The van der Waals surface area contributed by atoms with Crippen LogP contribution in [-0.2, 0) is 13.0 Å². The Bertz CT molecular complexity index is 980. The maximum Gasteiger partial charge on any atom is 0.257 e. The largest absolute Gasteiger partial charge is 0.454 e. The van der Waals surface area contributed by atoms with Crippen molar-refractivity contribution < 1.29 is 14.3 Å². The number of benzene rings is 1. The maximum atomic E-state index is 13.0. The summed E-state index contributed by atoms with van der Waals surface area (Å²) in [6.45, 7) is 12.1. The smallest absolute Gasteiger partial charge is 0.257 e. The lowest BCUT2D eigenvalue weighted by atomic mass is 10.0. The number of nitrogens with one attached hydrogen (secondary N) is 1. The molecule has 1 aromatic heterocycles. The van der Waals surface area contributed by atoms with E-state index in [1.165, 1.54) is 0 Å². The number of fused-ring (bicyclic) bond motifs is 1. The predicted molar refractivity (Wildman–Crippen MR) is 121 cm³/mol. The Morgan fingerprint density at radius 1 is 1.13 bits per heavy atom. The number of aryl methyl sites for hydroxylation is 1. The van der Waals surface area contributed by atoms with Crippen molar-refractivity contribution in [3.8, 4) is 11.5 Å². The molecule has 0 atom stereocenters. The van der Waals surface area contributed by atoms with E-state index in [9.17, 15) is 9.59 Å². The van der Waals surface area contributed by atoms with Gasteiger partial charge in [0.25, 0.3) is 5.91 Å². The molecule has 0 saturated heterocycles. The van der Waals surface area contributed by atoms with Gasteiger partial charge in [-0.2, -0.15) is 0 Å². The molecule has 0 radical (unpaired) electrons. The lowest BCUT2D eigenvalue weighted by Gasteiger charge is -2.21. The summed E-state index contributed by atoms with van der Waals surface area (Å²) in [7, 11) is 0. The van der Waals surface area contributed by atoms with E-state index in [2.05, 4.69) is 35.6 Å². The second kappa shape index (κ2) is 10.5. The van der Waals surface area contributed by atoms with Gasteiger partial charge in [0.05, 0.1) is 0 Å². The fourth-order valence-corrected chi connectivity index (χ4v) is 3.97. The van der Waals surface area contributed by atoms with Gasteiger partial charge in [0.2, 0.25) is 6.79 Å². The molecule has 2 aromatic rings. The fraction of sp³-hybridized carbons (Fsp3) is 0.500. The van der Waals surface area contributed by atoms with Crippen LogP contribution in [0.5, 0.6) is 11.5 Å². The molecule has 1 amide bonds. The first-order valence-corrected chi connectivity index (χ1v) is 11.1. The SMILES string of the molecule is CCCc1c(C(=O)NCCN(CC)CC)c(=O)cc(C)n1Cc1ccc2c(c1)OCO2. The van der Waals surface area contributed by atoms with Crippen LogP contribution in [0.2, 0.25) is 0 Å². The maximum absolute atomic E-state index is 13.0. The Morgan fingerprint density at radius 2 is 1.87 bits per heavy atom. The first-order chi connectivity index (χ1) is 15.0. The van der Waals surface area contributed by atoms with Crippen molar-refractivity contribution in [3.05, 3.63) is 57.0 Å². The zero-order valence-corrected chi connectivity index (χ0v) is 19.0. The number of likely N-dealkylation sites (N-methyl/N-ethyl adjacent to an activating group) is 1. The van der Waals surface area contributed by atoms with Crippen LogP contribution in [0.15, 0.2) is 29.1 Å². The number of pyridine rings is 1. The molecule has 0 saturated carbocycles. The van der Waals surface area contributed by atoms with Gasteiger partial charge in [-0.3, -0.25) is 9.59 Å². The summed E-state index contributed by atoms with van der Waals surface area (Å²) in [6, 6.07) is 7.41. The lowest BCUT2D eigenvalue weighted by molar-refractivity contribution is 0.0945. The Labute approximate surface area is 184 Å². The summed E-state index contributed by atoms with van der Waals surface area (Å²) in [6.07, 6.45) is 1.49. The van der Waals surface area contributed by atoms with E-state index in [1.54, 1.807) is 6.07 Å². The zero-order chi connectivity index (χ0) is 22.4. The molecule has 0 aliphatic carbocycles. The molecule has 0 bridgehead atoms. The van der Waals surface area contributed by atoms with Gasteiger partial charge in [-0.15, -0.1) is 0 Å². The zero-order valence-electron chi connectivity index (χ0n) is 19.0. The molecule has 168 valence electrons. The Morgan fingerprint density at radius 3 is 2.58 bits per heavy atom. The summed E-state index contributed by atoms with van der Waals surface area (Å²) >= 11 is 0. The molecule has 0 unspecified atom stereocenters. The third kappa shape index (κ3) is 5.28. The van der Waals surface area contributed by atoms with E-state index in [4.69, 9.17) is 9.47 Å². The third-order valence-electron chi connectivity index (χ3n) is 5.73. The van der Waals surface area contributed by atoms with E-state index < -0.39 is 0 Å². The van der Waals surface area contributed by atoms with Crippen LogP contribution >= 0.6 is 0 Å². The number of hydrogen-bond donors (Lipinski definition) is 1. The van der Waals surface area contributed by atoms with E-state index in [-0.39, 0.29) is 23.7 Å². The second-order valence-corrected chi connectivity index (χ2v) is 7.78. The van der Waals surface area contributed by atoms with Crippen molar-refractivity contribution in [1.82, 2.24) is 14.8 Å². The number of hydrogen-bond acceptors (Lipinski definition) is 5. The molecular formula is C24H33N3O4. The first kappa shape index (κ1) is 22.9. The first-order valence-electron chi connectivity index (χ1n) is 11.1. The third-order valence-corrected chi connectivity index (χ3v) is 5.73. The van der Waals surface area contributed by atoms with Gasteiger partial charge in [-0.05, 0) is 44.1 Å². The molecule has 0 fully saturated rings. The number of rotatable bonds is 10. The second-order valence-electron chi connectivity index (χ2n) is 7.78. The number of carbonyl (C=O) groups excluding carboxylic acids is 1. The van der Waals surface area contributed by atoms with Crippen LogP contribution in [0.1, 0.15) is 54.5 Å². The highest BCUT2D eigenvalue weighted by molar-refractivity contribution is 5.95. The highest BCUT2D eigenvalue weighted by atomic mass is 16.7. The van der Waals surface area contributed by atoms with Gasteiger partial charge in [0.15, 0.2) is 16.9 Å². The number of nitrogens with zero attached hydrogens (tertiary/aromatic N) is 2. The van der Waals surface area contributed by atoms with Gasteiger partial charge in [-0.1, -0.05) is 33.3 Å². The van der Waals surface area contributed by atoms with Crippen molar-refractivity contribution in [2.24, 2.45) is 0 Å². The van der Waals surface area contributed by atoms with E-state index in [1.807, 2.05) is 25.1 Å². The average molecular weight is 428 g/mol. The normalized spacial score (nSPS) is 12.4. The molecule has 1 aromatic carbocycles. The minimum atomic E-state index is -0.292. The molecule has 1 N–H and O–H groups in total. The fourth-order valence-electron chi connectivity index (χ4n) is 3.97. The minimum Gasteiger partial charge on any atom is -0.454 e. The molecule has 1 aliphatic rings. The Hall–Kier alpha value is -2.80. The van der Waals surface area contributed by atoms with Crippen LogP contribution in [0.3, 0.4) is 0 Å². The van der Waals surface area contributed by atoms with Gasteiger partial charge in [0.1, 0.15) is 5.56 Å². The van der Waals surface area contributed by atoms with Crippen LogP contribution in [-0.4, -0.2) is 48.3 Å². The Kier molecular flexibility index (Phi) is 7.74. The number of amides is 1. The summed E-state index contributed by atoms with van der Waals surface area (Å²) < 4.78 is 13.0. The molecule has 7 heteroatoms. The summed E-state index contributed by atoms with van der Waals surface area (Å²) in [5, 5.41) is 2.95. The monoisotopic (exact) mass is 427 g/mol. The quantitative estimate of drug-likeness (QED) is 0.631.